The average molecular weight is 275 g/mol. The molecule has 0 heterocycles. The summed E-state index contributed by atoms with van der Waals surface area (Å²) in [5, 5.41) is 10.7. The van der Waals surface area contributed by atoms with Gasteiger partial charge in [-0.1, -0.05) is 15.9 Å². The number of hydrogen-bond donors (Lipinski definition) is 1. The molecule has 0 atom stereocenters. The van der Waals surface area contributed by atoms with Gasteiger partial charge >= 0.3 is 5.69 Å². The molecule has 0 aromatic heterocycles. The lowest BCUT2D eigenvalue weighted by Gasteiger charge is -2.05. The van der Waals surface area contributed by atoms with E-state index in [1.165, 1.54) is 6.07 Å². The van der Waals surface area contributed by atoms with Crippen LogP contribution in [0.2, 0.25) is 0 Å². The first kappa shape index (κ1) is 11.9. The molecule has 2 N–H and O–H groups in total. The summed E-state index contributed by atoms with van der Waals surface area (Å²) in [6, 6.07) is 4.68. The second kappa shape index (κ2) is 5.67. The first-order valence-electron chi connectivity index (χ1n) is 4.42. The largest absolute Gasteiger partial charge is 0.487 e. The van der Waals surface area contributed by atoms with Crippen molar-refractivity contribution in [2.24, 2.45) is 5.73 Å². The fourth-order valence-electron chi connectivity index (χ4n) is 1.02. The fraction of sp³-hybridized carbons (Fsp3) is 0.333. The van der Waals surface area contributed by atoms with E-state index in [-0.39, 0.29) is 11.4 Å². The van der Waals surface area contributed by atoms with Crippen molar-refractivity contribution in [3.05, 3.63) is 32.8 Å². The van der Waals surface area contributed by atoms with Crippen LogP contribution in [0.5, 0.6) is 5.75 Å². The van der Waals surface area contributed by atoms with E-state index in [1.54, 1.807) is 12.1 Å². The van der Waals surface area contributed by atoms with E-state index in [4.69, 9.17) is 10.5 Å². The van der Waals surface area contributed by atoms with Crippen molar-refractivity contribution in [2.45, 2.75) is 6.42 Å². The smallest absolute Gasteiger partial charge is 0.312 e. The van der Waals surface area contributed by atoms with Crippen LogP contribution in [0.15, 0.2) is 22.7 Å². The van der Waals surface area contributed by atoms with E-state index in [9.17, 15) is 10.1 Å². The maximum absolute atomic E-state index is 10.7. The first-order valence-corrected chi connectivity index (χ1v) is 5.21. The number of nitrogens with two attached hydrogens (primary N) is 1. The normalized spacial score (nSPS) is 10.0. The van der Waals surface area contributed by atoms with E-state index in [0.29, 0.717) is 24.0 Å². The number of ether oxygens (including phenoxy) is 1. The zero-order chi connectivity index (χ0) is 11.3. The van der Waals surface area contributed by atoms with Crippen LogP contribution >= 0.6 is 15.9 Å². The number of halogens is 1. The van der Waals surface area contributed by atoms with Crippen molar-refractivity contribution in [2.75, 3.05) is 13.2 Å². The van der Waals surface area contributed by atoms with Gasteiger partial charge in [0.2, 0.25) is 0 Å². The van der Waals surface area contributed by atoms with Gasteiger partial charge in [-0.3, -0.25) is 10.1 Å². The van der Waals surface area contributed by atoms with Crippen molar-refractivity contribution in [1.82, 2.24) is 0 Å². The van der Waals surface area contributed by atoms with Crippen molar-refractivity contribution in [3.8, 4) is 5.75 Å². The molecule has 1 aromatic rings. The second-order valence-corrected chi connectivity index (χ2v) is 3.78. The molecule has 0 bridgehead atoms. The molecule has 0 radical (unpaired) electrons. The number of nitro groups is 1. The standard InChI is InChI=1S/C9H11BrN2O3/c10-7-2-3-9(15-5-1-4-11)8(6-7)12(13)14/h2-3,6H,1,4-5,11H2. The second-order valence-electron chi connectivity index (χ2n) is 2.86. The van der Waals surface area contributed by atoms with Gasteiger partial charge in [0.25, 0.3) is 0 Å². The topological polar surface area (TPSA) is 78.4 Å². The third-order valence-corrected chi connectivity index (χ3v) is 2.22. The molecule has 5 nitrogen and oxygen atoms in total. The van der Waals surface area contributed by atoms with Gasteiger partial charge in [-0.05, 0) is 25.1 Å². The van der Waals surface area contributed by atoms with Gasteiger partial charge in [-0.15, -0.1) is 0 Å². The summed E-state index contributed by atoms with van der Waals surface area (Å²) in [7, 11) is 0. The molecule has 1 rings (SSSR count). The number of nitro benzene ring substituents is 1. The molecule has 0 saturated heterocycles. The Kier molecular flexibility index (Phi) is 4.51. The van der Waals surface area contributed by atoms with Gasteiger partial charge in [0.05, 0.1) is 11.5 Å². The monoisotopic (exact) mass is 274 g/mol. The van der Waals surface area contributed by atoms with E-state index < -0.39 is 4.92 Å². The highest BCUT2D eigenvalue weighted by Crippen LogP contribution is 2.29. The Morgan fingerprint density at radius 1 is 1.53 bits per heavy atom. The van der Waals surface area contributed by atoms with Crippen molar-refractivity contribution < 1.29 is 9.66 Å². The molecule has 0 saturated carbocycles. The van der Waals surface area contributed by atoms with Gasteiger partial charge in [0, 0.05) is 10.5 Å². The molecule has 0 unspecified atom stereocenters. The summed E-state index contributed by atoms with van der Waals surface area (Å²) < 4.78 is 5.90. The van der Waals surface area contributed by atoms with Crippen LogP contribution < -0.4 is 10.5 Å². The Labute approximate surface area is 95.5 Å². The van der Waals surface area contributed by atoms with Crippen LogP contribution in [-0.2, 0) is 0 Å². The maximum atomic E-state index is 10.7. The number of hydrogen-bond acceptors (Lipinski definition) is 4. The van der Waals surface area contributed by atoms with Crippen LogP contribution in [0.4, 0.5) is 5.69 Å². The Bertz CT molecular complexity index is 357. The molecule has 6 heteroatoms. The van der Waals surface area contributed by atoms with E-state index in [0.717, 1.165) is 0 Å². The van der Waals surface area contributed by atoms with E-state index >= 15 is 0 Å². The van der Waals surface area contributed by atoms with Crippen molar-refractivity contribution in [3.63, 3.8) is 0 Å². The SMILES string of the molecule is NCCCOc1ccc(Br)cc1[N+](=O)[O-]. The van der Waals surface area contributed by atoms with Gasteiger partial charge in [-0.2, -0.15) is 0 Å². The summed E-state index contributed by atoms with van der Waals surface area (Å²) in [5.41, 5.74) is 5.25. The van der Waals surface area contributed by atoms with Gasteiger partial charge in [-0.25, -0.2) is 0 Å². The van der Waals surface area contributed by atoms with Crippen molar-refractivity contribution >= 4 is 21.6 Å². The number of benzene rings is 1. The molecular weight excluding hydrogens is 264 g/mol. The van der Waals surface area contributed by atoms with Crippen LogP contribution in [-0.4, -0.2) is 18.1 Å². The molecule has 0 amide bonds. The summed E-state index contributed by atoms with van der Waals surface area (Å²) in [5.74, 6) is 0.275. The highest BCUT2D eigenvalue weighted by molar-refractivity contribution is 9.10. The third-order valence-electron chi connectivity index (χ3n) is 1.72. The first-order chi connectivity index (χ1) is 7.15. The molecule has 0 aliphatic carbocycles. The molecule has 0 fully saturated rings. The minimum Gasteiger partial charge on any atom is -0.487 e. The van der Waals surface area contributed by atoms with Crippen LogP contribution in [0.3, 0.4) is 0 Å². The molecule has 0 aliphatic heterocycles. The predicted octanol–water partition coefficient (Wildman–Crippen LogP) is 2.08. The van der Waals surface area contributed by atoms with Gasteiger partial charge < -0.3 is 10.5 Å². The molecule has 82 valence electrons. The molecule has 15 heavy (non-hydrogen) atoms. The Morgan fingerprint density at radius 2 is 2.27 bits per heavy atom. The van der Waals surface area contributed by atoms with Gasteiger partial charge in [0.1, 0.15) is 0 Å². The average Bonchev–Trinajstić information content (AvgIpc) is 2.20. The Balaban J connectivity index is 2.81. The Hall–Kier alpha value is -1.14. The van der Waals surface area contributed by atoms with Crippen LogP contribution in [0, 0.1) is 10.1 Å². The molecule has 0 spiro atoms. The van der Waals surface area contributed by atoms with Crippen molar-refractivity contribution in [1.29, 1.82) is 0 Å². The minimum absolute atomic E-state index is 0.0404. The van der Waals surface area contributed by atoms with Gasteiger partial charge in [0.15, 0.2) is 5.75 Å². The predicted molar refractivity (Wildman–Crippen MR) is 60.0 cm³/mol. The molecule has 0 aliphatic rings. The highest BCUT2D eigenvalue weighted by atomic mass is 79.9. The Morgan fingerprint density at radius 3 is 2.87 bits per heavy atom. The number of nitrogens with zero attached hydrogens (tertiary/aromatic N) is 1. The number of rotatable bonds is 5. The maximum Gasteiger partial charge on any atom is 0.312 e. The molecule has 1 aromatic carbocycles. The quantitative estimate of drug-likeness (QED) is 0.507. The lowest BCUT2D eigenvalue weighted by molar-refractivity contribution is -0.385. The summed E-state index contributed by atoms with van der Waals surface area (Å²) >= 11 is 3.17. The zero-order valence-corrected chi connectivity index (χ0v) is 9.57. The van der Waals surface area contributed by atoms with E-state index in [2.05, 4.69) is 15.9 Å². The highest BCUT2D eigenvalue weighted by Gasteiger charge is 2.14. The minimum atomic E-state index is -0.470. The molecular formula is C9H11BrN2O3. The summed E-state index contributed by atoms with van der Waals surface area (Å²) in [4.78, 5) is 10.2. The van der Waals surface area contributed by atoms with Crippen LogP contribution in [0.1, 0.15) is 6.42 Å². The fourth-order valence-corrected chi connectivity index (χ4v) is 1.37. The summed E-state index contributed by atoms with van der Waals surface area (Å²) in [6.07, 6.45) is 0.674. The zero-order valence-electron chi connectivity index (χ0n) is 7.98. The van der Waals surface area contributed by atoms with Crippen LogP contribution in [0.25, 0.3) is 0 Å². The lowest BCUT2D eigenvalue weighted by atomic mass is 10.3. The van der Waals surface area contributed by atoms with E-state index in [1.807, 2.05) is 0 Å². The lowest BCUT2D eigenvalue weighted by Crippen LogP contribution is -2.07. The summed E-state index contributed by atoms with van der Waals surface area (Å²) in [6.45, 7) is 0.892. The third kappa shape index (κ3) is 3.49.